The van der Waals surface area contributed by atoms with E-state index in [1.807, 2.05) is 18.2 Å². The average molecular weight is 399 g/mol. The Labute approximate surface area is 170 Å². The highest BCUT2D eigenvalue weighted by molar-refractivity contribution is 5.94. The topological polar surface area (TPSA) is 80.3 Å². The third kappa shape index (κ3) is 4.71. The van der Waals surface area contributed by atoms with Gasteiger partial charge in [0.15, 0.2) is 0 Å². The number of amides is 2. The molecule has 1 aliphatic rings. The van der Waals surface area contributed by atoms with Gasteiger partial charge in [-0.25, -0.2) is 9.59 Å². The monoisotopic (exact) mass is 399 g/mol. The Morgan fingerprint density at radius 1 is 0.931 bits per heavy atom. The van der Waals surface area contributed by atoms with Crippen molar-refractivity contribution in [2.75, 3.05) is 57.7 Å². The molecule has 2 aromatic rings. The van der Waals surface area contributed by atoms with Crippen LogP contribution in [0.1, 0.15) is 10.4 Å². The van der Waals surface area contributed by atoms with E-state index >= 15 is 0 Å². The van der Waals surface area contributed by atoms with Crippen molar-refractivity contribution >= 4 is 23.4 Å². The zero-order chi connectivity index (χ0) is 20.8. The fraction of sp³-hybridized carbons (Fsp3) is 0.333. The highest BCUT2D eigenvalue weighted by Crippen LogP contribution is 2.32. The minimum atomic E-state index is -0.443. The van der Waals surface area contributed by atoms with Crippen LogP contribution in [0, 0.1) is 0 Å². The largest absolute Gasteiger partial charge is 0.497 e. The lowest BCUT2D eigenvalue weighted by Crippen LogP contribution is -2.50. The van der Waals surface area contributed by atoms with Crippen LogP contribution in [0.15, 0.2) is 42.5 Å². The summed E-state index contributed by atoms with van der Waals surface area (Å²) in [5.74, 6) is 1.08. The van der Waals surface area contributed by atoms with E-state index in [-0.39, 0.29) is 6.03 Å². The van der Waals surface area contributed by atoms with E-state index in [1.54, 1.807) is 43.4 Å². The SMILES string of the molecule is COC(=O)c1cccc(NC(=O)N2CCN(c3cc(OC)ccc3OC)CC2)c1. The first-order valence-corrected chi connectivity index (χ1v) is 9.27. The summed E-state index contributed by atoms with van der Waals surface area (Å²) in [5, 5.41) is 2.84. The van der Waals surface area contributed by atoms with Crippen LogP contribution in [-0.4, -0.2) is 64.4 Å². The van der Waals surface area contributed by atoms with E-state index in [0.29, 0.717) is 37.4 Å². The summed E-state index contributed by atoms with van der Waals surface area (Å²) in [7, 11) is 4.59. The number of piperazine rings is 1. The number of anilines is 2. The Hall–Kier alpha value is -3.42. The number of carbonyl (C=O) groups excluding carboxylic acids is 2. The molecule has 0 aliphatic carbocycles. The maximum Gasteiger partial charge on any atom is 0.337 e. The first-order chi connectivity index (χ1) is 14.0. The number of nitrogens with one attached hydrogen (secondary N) is 1. The molecule has 154 valence electrons. The average Bonchev–Trinajstić information content (AvgIpc) is 2.78. The summed E-state index contributed by atoms with van der Waals surface area (Å²) >= 11 is 0. The molecule has 1 aliphatic heterocycles. The Kier molecular flexibility index (Phi) is 6.43. The number of benzene rings is 2. The molecule has 29 heavy (non-hydrogen) atoms. The lowest BCUT2D eigenvalue weighted by atomic mass is 10.2. The first-order valence-electron chi connectivity index (χ1n) is 9.27. The van der Waals surface area contributed by atoms with Crippen LogP contribution in [0.25, 0.3) is 0 Å². The zero-order valence-corrected chi connectivity index (χ0v) is 16.8. The van der Waals surface area contributed by atoms with Crippen molar-refractivity contribution in [3.05, 3.63) is 48.0 Å². The second-order valence-electron chi connectivity index (χ2n) is 6.51. The molecule has 2 aromatic carbocycles. The molecule has 0 unspecified atom stereocenters. The molecule has 1 heterocycles. The van der Waals surface area contributed by atoms with Crippen LogP contribution in [0.3, 0.4) is 0 Å². The molecule has 3 rings (SSSR count). The zero-order valence-electron chi connectivity index (χ0n) is 16.8. The van der Waals surface area contributed by atoms with E-state index in [1.165, 1.54) is 7.11 Å². The number of rotatable bonds is 5. The summed E-state index contributed by atoms with van der Waals surface area (Å²) < 4.78 is 15.5. The van der Waals surface area contributed by atoms with Gasteiger partial charge in [0.2, 0.25) is 0 Å². The van der Waals surface area contributed by atoms with Crippen molar-refractivity contribution in [1.29, 1.82) is 0 Å². The third-order valence-electron chi connectivity index (χ3n) is 4.83. The van der Waals surface area contributed by atoms with Crippen LogP contribution >= 0.6 is 0 Å². The molecule has 0 atom stereocenters. The van der Waals surface area contributed by atoms with Gasteiger partial charge in [0, 0.05) is 37.9 Å². The number of hydrogen-bond acceptors (Lipinski definition) is 6. The third-order valence-corrected chi connectivity index (χ3v) is 4.83. The number of nitrogens with zero attached hydrogens (tertiary/aromatic N) is 2. The van der Waals surface area contributed by atoms with Crippen LogP contribution in [0.2, 0.25) is 0 Å². The van der Waals surface area contributed by atoms with Crippen molar-refractivity contribution in [2.24, 2.45) is 0 Å². The summed E-state index contributed by atoms with van der Waals surface area (Å²) in [6.07, 6.45) is 0. The molecule has 8 nitrogen and oxygen atoms in total. The normalized spacial score (nSPS) is 13.6. The molecule has 0 aromatic heterocycles. The van der Waals surface area contributed by atoms with Crippen molar-refractivity contribution < 1.29 is 23.8 Å². The molecule has 2 amide bonds. The quantitative estimate of drug-likeness (QED) is 0.779. The minimum absolute atomic E-state index is 0.204. The number of methoxy groups -OCH3 is 3. The predicted molar refractivity (Wildman–Crippen MR) is 110 cm³/mol. The van der Waals surface area contributed by atoms with Gasteiger partial charge >= 0.3 is 12.0 Å². The van der Waals surface area contributed by atoms with E-state index in [0.717, 1.165) is 17.2 Å². The van der Waals surface area contributed by atoms with Gasteiger partial charge in [-0.3, -0.25) is 0 Å². The molecule has 0 spiro atoms. The summed E-state index contributed by atoms with van der Waals surface area (Å²) in [6, 6.07) is 12.1. The van der Waals surface area contributed by atoms with Crippen molar-refractivity contribution in [1.82, 2.24) is 4.90 Å². The smallest absolute Gasteiger partial charge is 0.337 e. The molecule has 1 saturated heterocycles. The number of carbonyl (C=O) groups is 2. The van der Waals surface area contributed by atoms with E-state index in [4.69, 9.17) is 14.2 Å². The standard InChI is InChI=1S/C21H25N3O5/c1-27-17-7-8-19(28-2)18(14-17)23-9-11-24(12-10-23)21(26)22-16-6-4-5-15(13-16)20(25)29-3/h4-8,13-14H,9-12H2,1-3H3,(H,22,26). The molecular formula is C21H25N3O5. The molecule has 8 heteroatoms. The van der Waals surface area contributed by atoms with E-state index < -0.39 is 5.97 Å². The summed E-state index contributed by atoms with van der Waals surface area (Å²) in [4.78, 5) is 28.2. The molecule has 0 radical (unpaired) electrons. The number of urea groups is 1. The minimum Gasteiger partial charge on any atom is -0.497 e. The summed E-state index contributed by atoms with van der Waals surface area (Å²) in [5.41, 5.74) is 1.88. The van der Waals surface area contributed by atoms with Crippen LogP contribution < -0.4 is 19.7 Å². The molecule has 0 saturated carbocycles. The number of hydrogen-bond donors (Lipinski definition) is 1. The number of ether oxygens (including phenoxy) is 3. The lowest BCUT2D eigenvalue weighted by Gasteiger charge is -2.36. The van der Waals surface area contributed by atoms with Crippen molar-refractivity contribution in [2.45, 2.75) is 0 Å². The predicted octanol–water partition coefficient (Wildman–Crippen LogP) is 2.84. The van der Waals surface area contributed by atoms with Gasteiger partial charge in [0.1, 0.15) is 11.5 Å². The maximum absolute atomic E-state index is 12.6. The first kappa shape index (κ1) is 20.3. The fourth-order valence-electron chi connectivity index (χ4n) is 3.24. The van der Waals surface area contributed by atoms with Gasteiger partial charge in [0.25, 0.3) is 0 Å². The van der Waals surface area contributed by atoms with Gasteiger partial charge in [-0.2, -0.15) is 0 Å². The molecule has 1 fully saturated rings. The maximum atomic E-state index is 12.6. The highest BCUT2D eigenvalue weighted by Gasteiger charge is 2.23. The van der Waals surface area contributed by atoms with Gasteiger partial charge in [-0.05, 0) is 30.3 Å². The summed E-state index contributed by atoms with van der Waals surface area (Å²) in [6.45, 7) is 2.45. The van der Waals surface area contributed by atoms with Gasteiger partial charge in [-0.15, -0.1) is 0 Å². The Morgan fingerprint density at radius 3 is 2.34 bits per heavy atom. The van der Waals surface area contributed by atoms with Crippen molar-refractivity contribution in [3.8, 4) is 11.5 Å². The Bertz CT molecular complexity index is 878. The second kappa shape index (κ2) is 9.18. The second-order valence-corrected chi connectivity index (χ2v) is 6.51. The fourth-order valence-corrected chi connectivity index (χ4v) is 3.24. The highest BCUT2D eigenvalue weighted by atomic mass is 16.5. The molecular weight excluding hydrogens is 374 g/mol. The van der Waals surface area contributed by atoms with Crippen molar-refractivity contribution in [3.63, 3.8) is 0 Å². The van der Waals surface area contributed by atoms with Gasteiger partial charge in [-0.1, -0.05) is 6.07 Å². The van der Waals surface area contributed by atoms with Crippen LogP contribution in [-0.2, 0) is 4.74 Å². The van der Waals surface area contributed by atoms with E-state index in [9.17, 15) is 9.59 Å². The Morgan fingerprint density at radius 2 is 1.69 bits per heavy atom. The van der Waals surface area contributed by atoms with Crippen LogP contribution in [0.4, 0.5) is 16.2 Å². The lowest BCUT2D eigenvalue weighted by molar-refractivity contribution is 0.0600. The van der Waals surface area contributed by atoms with E-state index in [2.05, 4.69) is 10.2 Å². The molecule has 1 N–H and O–H groups in total. The van der Waals surface area contributed by atoms with Gasteiger partial charge in [0.05, 0.1) is 32.6 Å². The van der Waals surface area contributed by atoms with Gasteiger partial charge < -0.3 is 29.3 Å². The van der Waals surface area contributed by atoms with Crippen LogP contribution in [0.5, 0.6) is 11.5 Å². The molecule has 0 bridgehead atoms. The Balaban J connectivity index is 1.62. The number of esters is 1.